The van der Waals surface area contributed by atoms with Crippen LogP contribution >= 0.6 is 0 Å². The van der Waals surface area contributed by atoms with E-state index in [9.17, 15) is 18.0 Å². The first-order chi connectivity index (χ1) is 11.1. The molecule has 0 bridgehead atoms. The lowest BCUT2D eigenvalue weighted by molar-refractivity contribution is -0.138. The topological polar surface area (TPSA) is 59.8 Å². The number of pyridine rings is 1. The van der Waals surface area contributed by atoms with Gasteiger partial charge in [0.15, 0.2) is 5.65 Å². The molecule has 2 aromatic rings. The zero-order valence-corrected chi connectivity index (χ0v) is 14.2. The molecule has 0 saturated carbocycles. The molecule has 0 unspecified atom stereocenters. The molecule has 24 heavy (non-hydrogen) atoms. The van der Waals surface area contributed by atoms with Crippen LogP contribution in [0.3, 0.4) is 0 Å². The third-order valence-corrected chi connectivity index (χ3v) is 3.91. The molecule has 0 saturated heterocycles. The van der Waals surface area contributed by atoms with Crippen LogP contribution in [0.4, 0.5) is 13.2 Å². The Morgan fingerprint density at radius 1 is 1.33 bits per heavy atom. The number of carbonyl (C=O) groups is 1. The van der Waals surface area contributed by atoms with Gasteiger partial charge in [0.05, 0.1) is 6.20 Å². The van der Waals surface area contributed by atoms with E-state index in [1.165, 1.54) is 0 Å². The summed E-state index contributed by atoms with van der Waals surface area (Å²) in [7, 11) is 0. The van der Waals surface area contributed by atoms with Gasteiger partial charge in [-0.3, -0.25) is 4.79 Å². The first kappa shape index (κ1) is 18.2. The number of rotatable bonds is 5. The van der Waals surface area contributed by atoms with Crippen molar-refractivity contribution in [3.8, 4) is 0 Å². The smallest absolute Gasteiger partial charge is 0.347 e. The van der Waals surface area contributed by atoms with Gasteiger partial charge in [0, 0.05) is 23.5 Å². The highest BCUT2D eigenvalue weighted by molar-refractivity contribution is 5.81. The Bertz CT molecular complexity index is 750. The summed E-state index contributed by atoms with van der Waals surface area (Å²) in [5.74, 6) is -0.621. The van der Waals surface area contributed by atoms with E-state index in [1.807, 2.05) is 37.7 Å². The SMILES string of the molecule is Cc1nc2c(cnn2C(C)C)c(C)c1CCC(=O)NCC(F)(F)F. The molecule has 2 aromatic heterocycles. The molecule has 5 nitrogen and oxygen atoms in total. The summed E-state index contributed by atoms with van der Waals surface area (Å²) in [5.41, 5.74) is 3.40. The van der Waals surface area contributed by atoms with Crippen LogP contribution in [0.1, 0.15) is 43.1 Å². The second kappa shape index (κ2) is 6.78. The number of halogens is 3. The Hall–Kier alpha value is -2.12. The molecule has 0 spiro atoms. The number of hydrogen-bond donors (Lipinski definition) is 1. The average Bonchev–Trinajstić information content (AvgIpc) is 2.88. The van der Waals surface area contributed by atoms with E-state index in [2.05, 4.69) is 10.1 Å². The molecule has 0 aromatic carbocycles. The predicted octanol–water partition coefficient (Wildman–Crippen LogP) is 3.24. The molecule has 2 rings (SSSR count). The summed E-state index contributed by atoms with van der Waals surface area (Å²) in [4.78, 5) is 16.2. The normalized spacial score (nSPS) is 12.2. The molecule has 8 heteroatoms. The van der Waals surface area contributed by atoms with Crippen molar-refractivity contribution in [2.75, 3.05) is 6.54 Å². The van der Waals surface area contributed by atoms with Crippen LogP contribution in [0, 0.1) is 13.8 Å². The van der Waals surface area contributed by atoms with Crippen LogP contribution in [-0.4, -0.2) is 33.4 Å². The Balaban J connectivity index is 2.17. The Labute approximate surface area is 138 Å². The van der Waals surface area contributed by atoms with Crippen molar-refractivity contribution in [2.45, 2.75) is 52.8 Å². The Kier molecular flexibility index (Phi) is 5.15. The number of hydrogen-bond acceptors (Lipinski definition) is 3. The van der Waals surface area contributed by atoms with E-state index in [0.29, 0.717) is 6.42 Å². The van der Waals surface area contributed by atoms with Gasteiger partial charge in [0.1, 0.15) is 6.54 Å². The van der Waals surface area contributed by atoms with Crippen LogP contribution in [0.25, 0.3) is 11.0 Å². The standard InChI is InChI=1S/C16H21F3N4O/c1-9(2)23-15-13(7-21-23)10(3)12(11(4)22-15)5-6-14(24)20-8-16(17,18)19/h7,9H,5-6,8H2,1-4H3,(H,20,24). The van der Waals surface area contributed by atoms with Crippen molar-refractivity contribution in [3.63, 3.8) is 0 Å². The fourth-order valence-electron chi connectivity index (χ4n) is 2.66. The Morgan fingerprint density at radius 3 is 2.58 bits per heavy atom. The number of amides is 1. The number of aryl methyl sites for hydroxylation is 2. The number of fused-ring (bicyclic) bond motifs is 1. The van der Waals surface area contributed by atoms with Gasteiger partial charge < -0.3 is 5.32 Å². The molecule has 2 heterocycles. The quantitative estimate of drug-likeness (QED) is 0.907. The minimum Gasteiger partial charge on any atom is -0.347 e. The summed E-state index contributed by atoms with van der Waals surface area (Å²) in [5, 5.41) is 7.13. The minimum absolute atomic E-state index is 0.0107. The lowest BCUT2D eigenvalue weighted by atomic mass is 10.0. The Morgan fingerprint density at radius 2 is 2.00 bits per heavy atom. The first-order valence-corrected chi connectivity index (χ1v) is 7.77. The molecule has 0 aliphatic rings. The van der Waals surface area contributed by atoms with Crippen molar-refractivity contribution >= 4 is 16.9 Å². The van der Waals surface area contributed by atoms with Crippen molar-refractivity contribution in [3.05, 3.63) is 23.0 Å². The van der Waals surface area contributed by atoms with Gasteiger partial charge in [-0.15, -0.1) is 0 Å². The number of carbonyl (C=O) groups excluding carboxylic acids is 1. The summed E-state index contributed by atoms with van der Waals surface area (Å²) < 4.78 is 38.2. The molecule has 0 radical (unpaired) electrons. The maximum absolute atomic E-state index is 12.1. The molecule has 0 aliphatic carbocycles. The summed E-state index contributed by atoms with van der Waals surface area (Å²) in [6, 6.07) is 0.174. The minimum atomic E-state index is -4.40. The molecule has 0 atom stereocenters. The fourth-order valence-corrected chi connectivity index (χ4v) is 2.66. The van der Waals surface area contributed by atoms with Crippen LogP contribution in [-0.2, 0) is 11.2 Å². The highest BCUT2D eigenvalue weighted by Gasteiger charge is 2.27. The number of nitrogens with one attached hydrogen (secondary N) is 1. The van der Waals surface area contributed by atoms with Crippen molar-refractivity contribution < 1.29 is 18.0 Å². The van der Waals surface area contributed by atoms with E-state index >= 15 is 0 Å². The van der Waals surface area contributed by atoms with Gasteiger partial charge in [-0.2, -0.15) is 18.3 Å². The van der Waals surface area contributed by atoms with Crippen LogP contribution in [0.2, 0.25) is 0 Å². The molecule has 0 aliphatic heterocycles. The lowest BCUT2D eigenvalue weighted by Crippen LogP contribution is -2.33. The molecule has 132 valence electrons. The predicted molar refractivity (Wildman–Crippen MR) is 84.8 cm³/mol. The van der Waals surface area contributed by atoms with Crippen molar-refractivity contribution in [2.24, 2.45) is 0 Å². The third-order valence-electron chi connectivity index (χ3n) is 3.91. The lowest BCUT2D eigenvalue weighted by Gasteiger charge is -2.13. The van der Waals surface area contributed by atoms with E-state index in [1.54, 1.807) is 6.20 Å². The average molecular weight is 342 g/mol. The van der Waals surface area contributed by atoms with Gasteiger partial charge in [-0.1, -0.05) is 0 Å². The zero-order valence-electron chi connectivity index (χ0n) is 14.2. The highest BCUT2D eigenvalue weighted by atomic mass is 19.4. The van der Waals surface area contributed by atoms with Crippen LogP contribution < -0.4 is 5.32 Å². The monoisotopic (exact) mass is 342 g/mol. The molecule has 1 amide bonds. The molecule has 0 fully saturated rings. The first-order valence-electron chi connectivity index (χ1n) is 7.77. The highest BCUT2D eigenvalue weighted by Crippen LogP contribution is 2.25. The summed E-state index contributed by atoms with van der Waals surface area (Å²) in [6.07, 6.45) is -2.32. The van der Waals surface area contributed by atoms with Gasteiger partial charge in [0.2, 0.25) is 5.91 Å². The number of alkyl halides is 3. The van der Waals surface area contributed by atoms with E-state index in [-0.39, 0.29) is 12.5 Å². The maximum Gasteiger partial charge on any atom is 0.405 e. The third kappa shape index (κ3) is 4.04. The molecular formula is C16H21F3N4O. The summed E-state index contributed by atoms with van der Waals surface area (Å²) >= 11 is 0. The second-order valence-corrected chi connectivity index (χ2v) is 6.11. The van der Waals surface area contributed by atoms with Gasteiger partial charge >= 0.3 is 6.18 Å². The van der Waals surface area contributed by atoms with Crippen molar-refractivity contribution in [1.29, 1.82) is 0 Å². The van der Waals surface area contributed by atoms with Crippen LogP contribution in [0.5, 0.6) is 0 Å². The number of nitrogens with zero attached hydrogens (tertiary/aromatic N) is 3. The second-order valence-electron chi connectivity index (χ2n) is 6.11. The van der Waals surface area contributed by atoms with E-state index in [0.717, 1.165) is 27.9 Å². The zero-order chi connectivity index (χ0) is 18.1. The van der Waals surface area contributed by atoms with Crippen LogP contribution in [0.15, 0.2) is 6.20 Å². The van der Waals surface area contributed by atoms with Gasteiger partial charge in [0.25, 0.3) is 0 Å². The van der Waals surface area contributed by atoms with E-state index < -0.39 is 18.6 Å². The van der Waals surface area contributed by atoms with Gasteiger partial charge in [-0.05, 0) is 45.2 Å². The molecular weight excluding hydrogens is 321 g/mol. The maximum atomic E-state index is 12.1. The summed E-state index contributed by atoms with van der Waals surface area (Å²) in [6.45, 7) is 6.48. The van der Waals surface area contributed by atoms with Crippen molar-refractivity contribution in [1.82, 2.24) is 20.1 Å². The van der Waals surface area contributed by atoms with Gasteiger partial charge in [-0.25, -0.2) is 9.67 Å². The number of aromatic nitrogens is 3. The largest absolute Gasteiger partial charge is 0.405 e. The van der Waals surface area contributed by atoms with E-state index in [4.69, 9.17) is 0 Å². The molecule has 1 N–H and O–H groups in total. The fraction of sp³-hybridized carbons (Fsp3) is 0.562.